The molecule has 1 heterocycles. The van der Waals surface area contributed by atoms with Gasteiger partial charge in [-0.2, -0.15) is 0 Å². The van der Waals surface area contributed by atoms with Gasteiger partial charge in [0.1, 0.15) is 17.4 Å². The number of carbonyl (C=O) groups excluding carboxylic acids is 1. The summed E-state index contributed by atoms with van der Waals surface area (Å²) in [5, 5.41) is 26.1. The molecule has 2 amide bonds. The van der Waals surface area contributed by atoms with Crippen LogP contribution in [0.25, 0.3) is 11.0 Å². The van der Waals surface area contributed by atoms with E-state index in [-0.39, 0.29) is 35.5 Å². The second-order valence-corrected chi connectivity index (χ2v) is 6.67. The van der Waals surface area contributed by atoms with E-state index in [9.17, 15) is 23.1 Å². The Bertz CT molecular complexity index is 1070. The van der Waals surface area contributed by atoms with E-state index < -0.39 is 36.2 Å². The van der Waals surface area contributed by atoms with Gasteiger partial charge in [-0.3, -0.25) is 0 Å². The molecule has 7 nitrogen and oxygen atoms in total. The number of halogens is 3. The van der Waals surface area contributed by atoms with Gasteiger partial charge in [0, 0.05) is 34.9 Å². The molecule has 0 aliphatic carbocycles. The fraction of sp³-hybridized carbons (Fsp3) is 0.250. The highest BCUT2D eigenvalue weighted by Gasteiger charge is 2.16. The van der Waals surface area contributed by atoms with Crippen LogP contribution in [-0.2, 0) is 6.54 Å². The van der Waals surface area contributed by atoms with Gasteiger partial charge in [-0.05, 0) is 31.2 Å². The quantitative estimate of drug-likeness (QED) is 0.401. The lowest BCUT2D eigenvalue weighted by Gasteiger charge is -2.12. The average Bonchev–Trinajstić information content (AvgIpc) is 3.00. The Morgan fingerprint density at radius 2 is 1.80 bits per heavy atom. The molecule has 0 fully saturated rings. The number of nitrogens with one attached hydrogen (secondary N) is 3. The highest BCUT2D eigenvalue weighted by Crippen LogP contribution is 2.28. The lowest BCUT2D eigenvalue weighted by molar-refractivity contribution is 0.105. The van der Waals surface area contributed by atoms with Gasteiger partial charge in [-0.15, -0.1) is 0 Å². The van der Waals surface area contributed by atoms with E-state index in [1.807, 2.05) is 0 Å². The van der Waals surface area contributed by atoms with E-state index in [0.717, 1.165) is 12.1 Å². The Morgan fingerprint density at radius 3 is 2.53 bits per heavy atom. The van der Waals surface area contributed by atoms with Gasteiger partial charge >= 0.3 is 6.03 Å². The van der Waals surface area contributed by atoms with Crippen molar-refractivity contribution in [1.82, 2.24) is 5.32 Å². The number of anilines is 2. The van der Waals surface area contributed by atoms with Crippen LogP contribution in [0, 0.1) is 24.4 Å². The van der Waals surface area contributed by atoms with Gasteiger partial charge < -0.3 is 30.6 Å². The summed E-state index contributed by atoms with van der Waals surface area (Å²) in [4.78, 5) is 12.2. The number of furan rings is 1. The number of carbonyl (C=O) groups is 1. The van der Waals surface area contributed by atoms with E-state index >= 15 is 0 Å². The van der Waals surface area contributed by atoms with Crippen LogP contribution in [0.15, 0.2) is 34.7 Å². The van der Waals surface area contributed by atoms with Gasteiger partial charge in [-0.1, -0.05) is 0 Å². The van der Waals surface area contributed by atoms with Crippen LogP contribution in [-0.4, -0.2) is 35.5 Å². The summed E-state index contributed by atoms with van der Waals surface area (Å²) < 4.78 is 46.4. The van der Waals surface area contributed by atoms with Crippen molar-refractivity contribution >= 4 is 28.4 Å². The maximum Gasteiger partial charge on any atom is 0.319 e. The van der Waals surface area contributed by atoms with E-state index in [4.69, 9.17) is 9.52 Å². The molecule has 1 unspecified atom stereocenters. The molecule has 0 aliphatic heterocycles. The summed E-state index contributed by atoms with van der Waals surface area (Å²) in [5.74, 6) is -1.94. The third kappa shape index (κ3) is 5.02. The van der Waals surface area contributed by atoms with Crippen molar-refractivity contribution in [2.45, 2.75) is 19.6 Å². The first kappa shape index (κ1) is 21.5. The first-order valence-electron chi connectivity index (χ1n) is 9.02. The molecule has 0 aliphatic rings. The zero-order chi connectivity index (χ0) is 21.8. The molecule has 30 heavy (non-hydrogen) atoms. The number of aliphatic hydroxyl groups is 2. The second-order valence-electron chi connectivity index (χ2n) is 6.67. The van der Waals surface area contributed by atoms with Crippen molar-refractivity contribution in [2.24, 2.45) is 0 Å². The van der Waals surface area contributed by atoms with Gasteiger partial charge in [0.2, 0.25) is 0 Å². The Balaban J connectivity index is 1.65. The van der Waals surface area contributed by atoms with Crippen molar-refractivity contribution in [1.29, 1.82) is 0 Å². The van der Waals surface area contributed by atoms with Crippen LogP contribution in [0.2, 0.25) is 0 Å². The molecule has 0 saturated carbocycles. The predicted molar refractivity (Wildman–Crippen MR) is 105 cm³/mol. The van der Waals surface area contributed by atoms with Crippen LogP contribution in [0.1, 0.15) is 11.3 Å². The molecule has 1 atom stereocenters. The molecule has 10 heteroatoms. The maximum absolute atomic E-state index is 13.8. The third-order valence-electron chi connectivity index (χ3n) is 4.37. The largest absolute Gasteiger partial charge is 0.456 e. The highest BCUT2D eigenvalue weighted by atomic mass is 19.1. The molecule has 0 bridgehead atoms. The topological polar surface area (TPSA) is 107 Å². The lowest BCUT2D eigenvalue weighted by Crippen LogP contribution is -2.28. The Morgan fingerprint density at radius 1 is 1.10 bits per heavy atom. The van der Waals surface area contributed by atoms with Crippen molar-refractivity contribution in [3.63, 3.8) is 0 Å². The van der Waals surface area contributed by atoms with Crippen LogP contribution >= 0.6 is 0 Å². The third-order valence-corrected chi connectivity index (χ3v) is 4.37. The number of fused-ring (bicyclic) bond motifs is 1. The SMILES string of the molecule is Cc1c(CNC(=O)Nc2cc(F)cc(NCC(O)CO)c2)oc2c(F)cc(F)cc12. The van der Waals surface area contributed by atoms with Gasteiger partial charge in [0.05, 0.1) is 19.3 Å². The number of benzene rings is 2. The van der Waals surface area contributed by atoms with Crippen LogP contribution in [0.3, 0.4) is 0 Å². The zero-order valence-corrected chi connectivity index (χ0v) is 15.9. The van der Waals surface area contributed by atoms with E-state index in [2.05, 4.69) is 16.0 Å². The number of hydrogen-bond acceptors (Lipinski definition) is 5. The molecule has 3 aromatic rings. The number of aryl methyl sites for hydroxylation is 1. The molecule has 2 aromatic carbocycles. The Hall–Kier alpha value is -3.24. The minimum atomic E-state index is -1.02. The zero-order valence-electron chi connectivity index (χ0n) is 15.9. The second kappa shape index (κ2) is 9.06. The average molecular weight is 423 g/mol. The summed E-state index contributed by atoms with van der Waals surface area (Å²) in [5.41, 5.74) is 0.826. The molecule has 5 N–H and O–H groups in total. The Labute approximate surface area is 169 Å². The monoisotopic (exact) mass is 423 g/mol. The fourth-order valence-corrected chi connectivity index (χ4v) is 2.86. The van der Waals surface area contributed by atoms with Crippen LogP contribution in [0.4, 0.5) is 29.3 Å². The first-order chi connectivity index (χ1) is 14.3. The van der Waals surface area contributed by atoms with Gasteiger partial charge in [0.15, 0.2) is 11.4 Å². The van der Waals surface area contributed by atoms with Crippen LogP contribution < -0.4 is 16.0 Å². The standard InChI is InChI=1S/C20H20F3N3O4/c1-10-16-4-12(22)5-17(23)19(16)30-18(10)8-25-20(29)26-14-3-11(21)2-13(6-14)24-7-15(28)9-27/h2-6,15,24,27-28H,7-9H2,1H3,(H2,25,26,29). The summed E-state index contributed by atoms with van der Waals surface area (Å²) in [6.07, 6.45) is -1.02. The van der Waals surface area contributed by atoms with E-state index in [0.29, 0.717) is 17.3 Å². The van der Waals surface area contributed by atoms with Gasteiger partial charge in [-0.25, -0.2) is 18.0 Å². The number of urea groups is 1. The highest BCUT2D eigenvalue weighted by molar-refractivity contribution is 5.90. The summed E-state index contributed by atoms with van der Waals surface area (Å²) in [7, 11) is 0. The summed E-state index contributed by atoms with van der Waals surface area (Å²) in [6, 6.07) is 4.89. The summed E-state index contributed by atoms with van der Waals surface area (Å²) in [6.45, 7) is 1.06. The molecule has 0 radical (unpaired) electrons. The lowest BCUT2D eigenvalue weighted by atomic mass is 10.1. The smallest absolute Gasteiger partial charge is 0.319 e. The molecule has 160 valence electrons. The van der Waals surface area contributed by atoms with Crippen molar-refractivity contribution in [3.05, 3.63) is 59.1 Å². The molecule has 0 saturated heterocycles. The maximum atomic E-state index is 13.8. The molecule has 1 aromatic heterocycles. The van der Waals surface area contributed by atoms with Crippen molar-refractivity contribution in [3.8, 4) is 0 Å². The predicted octanol–water partition coefficient (Wildman–Crippen LogP) is 3.25. The molecular formula is C20H20F3N3O4. The minimum absolute atomic E-state index is 0.00588. The van der Waals surface area contributed by atoms with Crippen LogP contribution in [0.5, 0.6) is 0 Å². The first-order valence-corrected chi connectivity index (χ1v) is 9.02. The Kier molecular flexibility index (Phi) is 6.48. The fourth-order valence-electron chi connectivity index (χ4n) is 2.86. The normalized spacial score (nSPS) is 12.1. The number of aliphatic hydroxyl groups excluding tert-OH is 2. The van der Waals surface area contributed by atoms with E-state index in [1.165, 1.54) is 12.1 Å². The van der Waals surface area contributed by atoms with Crippen molar-refractivity contribution < 1.29 is 32.6 Å². The number of amides is 2. The number of rotatable bonds is 7. The van der Waals surface area contributed by atoms with E-state index in [1.54, 1.807) is 6.92 Å². The van der Waals surface area contributed by atoms with Crippen molar-refractivity contribution in [2.75, 3.05) is 23.8 Å². The molecule has 0 spiro atoms. The molecular weight excluding hydrogens is 403 g/mol. The molecule has 3 rings (SSSR count). The van der Waals surface area contributed by atoms with Gasteiger partial charge in [0.25, 0.3) is 0 Å². The minimum Gasteiger partial charge on any atom is -0.456 e. The number of hydrogen-bond donors (Lipinski definition) is 5. The summed E-state index contributed by atoms with van der Waals surface area (Å²) >= 11 is 0.